The summed E-state index contributed by atoms with van der Waals surface area (Å²) >= 11 is 0. The van der Waals surface area contributed by atoms with Crippen LogP contribution < -0.4 is 10.5 Å². The van der Waals surface area contributed by atoms with Crippen LogP contribution in [0.15, 0.2) is 24.3 Å². The molecule has 0 bridgehead atoms. The molecule has 0 unspecified atom stereocenters. The molecule has 2 rings (SSSR count). The zero-order chi connectivity index (χ0) is 15.2. The maximum atomic E-state index is 12.3. The van der Waals surface area contributed by atoms with Crippen molar-refractivity contribution in [3.05, 3.63) is 29.8 Å². The monoisotopic (exact) mass is 290 g/mol. The molecule has 0 spiro atoms. The van der Waals surface area contributed by atoms with Crippen molar-refractivity contribution in [2.24, 2.45) is 11.7 Å². The van der Waals surface area contributed by atoms with E-state index in [1.807, 2.05) is 29.2 Å². The SMILES string of the molecule is COc1ccc(CC(=O)N2CCC(CC(N)=O)CC2)cc1. The second-order valence-electron chi connectivity index (χ2n) is 5.52. The highest BCUT2D eigenvalue weighted by Crippen LogP contribution is 2.21. The Labute approximate surface area is 125 Å². The number of nitrogens with two attached hydrogens (primary N) is 1. The van der Waals surface area contributed by atoms with Gasteiger partial charge in [0.25, 0.3) is 0 Å². The number of hydrogen-bond acceptors (Lipinski definition) is 3. The number of rotatable bonds is 5. The molecule has 1 aliphatic rings. The topological polar surface area (TPSA) is 72.6 Å². The molecule has 0 radical (unpaired) electrons. The summed E-state index contributed by atoms with van der Waals surface area (Å²) < 4.78 is 5.10. The molecular weight excluding hydrogens is 268 g/mol. The van der Waals surface area contributed by atoms with Gasteiger partial charge in [0, 0.05) is 19.5 Å². The fourth-order valence-electron chi connectivity index (χ4n) is 2.70. The molecule has 1 aromatic carbocycles. The van der Waals surface area contributed by atoms with E-state index in [9.17, 15) is 9.59 Å². The van der Waals surface area contributed by atoms with Crippen molar-refractivity contribution in [2.45, 2.75) is 25.7 Å². The van der Waals surface area contributed by atoms with Crippen LogP contribution in [-0.2, 0) is 16.0 Å². The van der Waals surface area contributed by atoms with E-state index in [1.165, 1.54) is 0 Å². The van der Waals surface area contributed by atoms with Crippen LogP contribution in [0, 0.1) is 5.92 Å². The molecule has 1 saturated heterocycles. The van der Waals surface area contributed by atoms with Gasteiger partial charge < -0.3 is 15.4 Å². The number of nitrogens with zero attached hydrogens (tertiary/aromatic N) is 1. The molecule has 0 aliphatic carbocycles. The van der Waals surface area contributed by atoms with Gasteiger partial charge in [0.2, 0.25) is 11.8 Å². The zero-order valence-corrected chi connectivity index (χ0v) is 12.4. The number of primary amides is 1. The molecule has 1 fully saturated rings. The lowest BCUT2D eigenvalue weighted by Gasteiger charge is -2.31. The molecule has 0 aromatic heterocycles. The van der Waals surface area contributed by atoms with Crippen molar-refractivity contribution in [1.29, 1.82) is 0 Å². The highest BCUT2D eigenvalue weighted by Gasteiger charge is 2.23. The summed E-state index contributed by atoms with van der Waals surface area (Å²) in [6, 6.07) is 7.55. The Morgan fingerprint density at radius 2 is 1.86 bits per heavy atom. The summed E-state index contributed by atoms with van der Waals surface area (Å²) in [5.74, 6) is 1.00. The number of ether oxygens (including phenoxy) is 1. The average molecular weight is 290 g/mol. The van der Waals surface area contributed by atoms with Crippen LogP contribution in [0.4, 0.5) is 0 Å². The molecule has 1 aliphatic heterocycles. The standard InChI is InChI=1S/C16H22N2O3/c1-21-14-4-2-12(3-5-14)11-16(20)18-8-6-13(7-9-18)10-15(17)19/h2-5,13H,6-11H2,1H3,(H2,17,19). The first-order chi connectivity index (χ1) is 10.1. The number of likely N-dealkylation sites (tertiary alicyclic amines) is 1. The Morgan fingerprint density at radius 1 is 1.24 bits per heavy atom. The molecule has 0 saturated carbocycles. The zero-order valence-electron chi connectivity index (χ0n) is 12.4. The molecule has 5 nitrogen and oxygen atoms in total. The lowest BCUT2D eigenvalue weighted by molar-refractivity contribution is -0.131. The van der Waals surface area contributed by atoms with Crippen LogP contribution in [0.1, 0.15) is 24.8 Å². The van der Waals surface area contributed by atoms with Gasteiger partial charge in [0.15, 0.2) is 0 Å². The number of methoxy groups -OCH3 is 1. The minimum Gasteiger partial charge on any atom is -0.497 e. The summed E-state index contributed by atoms with van der Waals surface area (Å²) in [6.07, 6.45) is 2.56. The smallest absolute Gasteiger partial charge is 0.226 e. The first kappa shape index (κ1) is 15.4. The van der Waals surface area contributed by atoms with Crippen molar-refractivity contribution in [2.75, 3.05) is 20.2 Å². The third-order valence-electron chi connectivity index (χ3n) is 3.97. The Kier molecular flexibility index (Phi) is 5.20. The van der Waals surface area contributed by atoms with Gasteiger partial charge >= 0.3 is 0 Å². The Bertz CT molecular complexity index is 491. The van der Waals surface area contributed by atoms with Crippen molar-refractivity contribution in [1.82, 2.24) is 4.90 Å². The molecule has 1 heterocycles. The van der Waals surface area contributed by atoms with Gasteiger partial charge in [-0.1, -0.05) is 12.1 Å². The predicted molar refractivity (Wildman–Crippen MR) is 79.8 cm³/mol. The van der Waals surface area contributed by atoms with Gasteiger partial charge in [-0.2, -0.15) is 0 Å². The fourth-order valence-corrected chi connectivity index (χ4v) is 2.70. The maximum absolute atomic E-state index is 12.3. The summed E-state index contributed by atoms with van der Waals surface area (Å²) in [5, 5.41) is 0. The minimum absolute atomic E-state index is 0.137. The van der Waals surface area contributed by atoms with E-state index < -0.39 is 0 Å². The predicted octanol–water partition coefficient (Wildman–Crippen LogP) is 1.35. The molecule has 2 N–H and O–H groups in total. The van der Waals surface area contributed by atoms with E-state index in [2.05, 4.69) is 0 Å². The summed E-state index contributed by atoms with van der Waals surface area (Å²) in [4.78, 5) is 25.0. The van der Waals surface area contributed by atoms with E-state index in [0.717, 1.165) is 24.2 Å². The molecule has 21 heavy (non-hydrogen) atoms. The van der Waals surface area contributed by atoms with Gasteiger partial charge in [0.05, 0.1) is 13.5 Å². The number of carbonyl (C=O) groups is 2. The number of amides is 2. The highest BCUT2D eigenvalue weighted by atomic mass is 16.5. The van der Waals surface area contributed by atoms with E-state index in [-0.39, 0.29) is 11.8 Å². The van der Waals surface area contributed by atoms with Crippen molar-refractivity contribution in [3.8, 4) is 5.75 Å². The lowest BCUT2D eigenvalue weighted by Crippen LogP contribution is -2.40. The normalized spacial score (nSPS) is 15.8. The average Bonchev–Trinajstić information content (AvgIpc) is 2.48. The highest BCUT2D eigenvalue weighted by molar-refractivity contribution is 5.79. The molecule has 1 aromatic rings. The third-order valence-corrected chi connectivity index (χ3v) is 3.97. The summed E-state index contributed by atoms with van der Waals surface area (Å²) in [6.45, 7) is 1.43. The van der Waals surface area contributed by atoms with Crippen LogP contribution in [-0.4, -0.2) is 36.9 Å². The quantitative estimate of drug-likeness (QED) is 0.889. The minimum atomic E-state index is -0.252. The van der Waals surface area contributed by atoms with E-state index >= 15 is 0 Å². The Hall–Kier alpha value is -2.04. The Balaban J connectivity index is 1.82. The van der Waals surface area contributed by atoms with E-state index in [1.54, 1.807) is 7.11 Å². The molecule has 2 amide bonds. The third kappa shape index (κ3) is 4.48. The number of carbonyl (C=O) groups excluding carboxylic acids is 2. The van der Waals surface area contributed by atoms with Crippen molar-refractivity contribution >= 4 is 11.8 Å². The van der Waals surface area contributed by atoms with Crippen LogP contribution in [0.3, 0.4) is 0 Å². The largest absolute Gasteiger partial charge is 0.497 e. The van der Waals surface area contributed by atoms with Crippen LogP contribution >= 0.6 is 0 Å². The number of piperidine rings is 1. The van der Waals surface area contributed by atoms with E-state index in [4.69, 9.17) is 10.5 Å². The van der Waals surface area contributed by atoms with Crippen LogP contribution in [0.25, 0.3) is 0 Å². The van der Waals surface area contributed by atoms with E-state index in [0.29, 0.717) is 31.8 Å². The van der Waals surface area contributed by atoms with Gasteiger partial charge in [-0.15, -0.1) is 0 Å². The van der Waals surface area contributed by atoms with Crippen LogP contribution in [0.2, 0.25) is 0 Å². The van der Waals surface area contributed by atoms with Gasteiger partial charge in [-0.25, -0.2) is 0 Å². The molecule has 0 atom stereocenters. The lowest BCUT2D eigenvalue weighted by atomic mass is 9.93. The maximum Gasteiger partial charge on any atom is 0.226 e. The van der Waals surface area contributed by atoms with Gasteiger partial charge in [-0.05, 0) is 36.5 Å². The van der Waals surface area contributed by atoms with Crippen molar-refractivity contribution in [3.63, 3.8) is 0 Å². The molecular formula is C16H22N2O3. The number of hydrogen-bond donors (Lipinski definition) is 1. The molecule has 5 heteroatoms. The van der Waals surface area contributed by atoms with Gasteiger partial charge in [-0.3, -0.25) is 9.59 Å². The first-order valence-electron chi connectivity index (χ1n) is 7.27. The van der Waals surface area contributed by atoms with Gasteiger partial charge in [0.1, 0.15) is 5.75 Å². The molecule has 114 valence electrons. The second kappa shape index (κ2) is 7.11. The summed E-state index contributed by atoms with van der Waals surface area (Å²) in [7, 11) is 1.62. The Morgan fingerprint density at radius 3 is 2.38 bits per heavy atom. The van der Waals surface area contributed by atoms with Crippen molar-refractivity contribution < 1.29 is 14.3 Å². The first-order valence-corrected chi connectivity index (χ1v) is 7.27. The second-order valence-corrected chi connectivity index (χ2v) is 5.52. The van der Waals surface area contributed by atoms with Crippen LogP contribution in [0.5, 0.6) is 5.75 Å². The summed E-state index contributed by atoms with van der Waals surface area (Å²) in [5.41, 5.74) is 6.20. The fraction of sp³-hybridized carbons (Fsp3) is 0.500. The number of benzene rings is 1.